The zero-order valence-electron chi connectivity index (χ0n) is 11.2. The van der Waals surface area contributed by atoms with Gasteiger partial charge in [0.25, 0.3) is 0 Å². The summed E-state index contributed by atoms with van der Waals surface area (Å²) in [6, 6.07) is 16.4. The molecule has 3 rings (SSSR count). The van der Waals surface area contributed by atoms with E-state index in [0.29, 0.717) is 13.2 Å². The molecule has 0 spiro atoms. The van der Waals surface area contributed by atoms with E-state index in [2.05, 4.69) is 35.7 Å². The molecule has 0 aliphatic carbocycles. The second kappa shape index (κ2) is 6.07. The van der Waals surface area contributed by atoms with Gasteiger partial charge in [-0.05, 0) is 40.4 Å². The third-order valence-corrected chi connectivity index (χ3v) is 4.40. The summed E-state index contributed by atoms with van der Waals surface area (Å²) in [6.45, 7) is 1.36. The van der Waals surface area contributed by atoms with E-state index in [1.54, 1.807) is 11.3 Å². The van der Waals surface area contributed by atoms with E-state index in [1.807, 2.05) is 18.2 Å². The molecule has 2 nitrogen and oxygen atoms in total. The highest BCUT2D eigenvalue weighted by Gasteiger charge is 2.03. The lowest BCUT2D eigenvalue weighted by Gasteiger charge is -2.06. The van der Waals surface area contributed by atoms with Gasteiger partial charge in [-0.25, -0.2) is 0 Å². The minimum Gasteiger partial charge on any atom is -0.399 e. The Kier molecular flexibility index (Phi) is 4.00. The van der Waals surface area contributed by atoms with Crippen molar-refractivity contribution in [2.45, 2.75) is 13.0 Å². The van der Waals surface area contributed by atoms with Gasteiger partial charge in [0.1, 0.15) is 0 Å². The molecule has 0 amide bonds. The van der Waals surface area contributed by atoms with Crippen molar-refractivity contribution in [1.29, 1.82) is 0 Å². The third kappa shape index (κ3) is 2.84. The van der Waals surface area contributed by atoms with Crippen molar-refractivity contribution in [2.24, 2.45) is 0 Å². The molecular formula is C17H17NOS. The second-order valence-corrected chi connectivity index (χ2v) is 5.67. The van der Waals surface area contributed by atoms with Crippen molar-refractivity contribution in [3.8, 4) is 0 Å². The summed E-state index contributed by atoms with van der Waals surface area (Å²) in [7, 11) is 0. The average molecular weight is 283 g/mol. The highest BCUT2D eigenvalue weighted by molar-refractivity contribution is 7.17. The van der Waals surface area contributed by atoms with Crippen molar-refractivity contribution in [3.05, 3.63) is 65.0 Å². The molecule has 1 heterocycles. The van der Waals surface area contributed by atoms with Crippen LogP contribution in [0.5, 0.6) is 0 Å². The fourth-order valence-electron chi connectivity index (χ4n) is 2.27. The van der Waals surface area contributed by atoms with Crippen molar-refractivity contribution in [3.63, 3.8) is 0 Å². The fourth-order valence-corrected chi connectivity index (χ4v) is 3.22. The van der Waals surface area contributed by atoms with Crippen LogP contribution >= 0.6 is 11.3 Å². The number of hydrogen-bond donors (Lipinski definition) is 1. The van der Waals surface area contributed by atoms with Crippen LogP contribution in [0, 0.1) is 0 Å². The summed E-state index contributed by atoms with van der Waals surface area (Å²) in [5, 5.41) is 3.48. The summed E-state index contributed by atoms with van der Waals surface area (Å²) in [5.74, 6) is 0. The molecule has 20 heavy (non-hydrogen) atoms. The van der Waals surface area contributed by atoms with Gasteiger partial charge in [0.2, 0.25) is 0 Å². The number of hydrogen-bond acceptors (Lipinski definition) is 3. The molecule has 0 saturated heterocycles. The van der Waals surface area contributed by atoms with Crippen molar-refractivity contribution in [1.82, 2.24) is 0 Å². The predicted octanol–water partition coefficient (Wildman–Crippen LogP) is 4.24. The second-order valence-electron chi connectivity index (χ2n) is 4.76. The lowest BCUT2D eigenvalue weighted by Crippen LogP contribution is -2.01. The first kappa shape index (κ1) is 13.2. The molecule has 2 aromatic carbocycles. The number of fused-ring (bicyclic) bond motifs is 1. The van der Waals surface area contributed by atoms with E-state index in [1.165, 1.54) is 15.6 Å². The Balaban J connectivity index is 1.57. The quantitative estimate of drug-likeness (QED) is 0.561. The number of para-hydroxylation sites is 1. The van der Waals surface area contributed by atoms with E-state index >= 15 is 0 Å². The summed E-state index contributed by atoms with van der Waals surface area (Å²) < 4.78 is 7.11. The monoisotopic (exact) mass is 283 g/mol. The Morgan fingerprint density at radius 1 is 0.950 bits per heavy atom. The molecule has 3 aromatic rings. The van der Waals surface area contributed by atoms with Gasteiger partial charge in [0.15, 0.2) is 0 Å². The lowest BCUT2D eigenvalue weighted by molar-refractivity contribution is 0.125. The number of nitrogens with two attached hydrogens (primary N) is 1. The smallest absolute Gasteiger partial charge is 0.0731 e. The first-order chi connectivity index (χ1) is 9.84. The molecule has 1 aromatic heterocycles. The van der Waals surface area contributed by atoms with Crippen molar-refractivity contribution < 1.29 is 4.74 Å². The maximum atomic E-state index is 5.92. The summed E-state index contributed by atoms with van der Waals surface area (Å²) in [5.41, 5.74) is 9.19. The normalized spacial score (nSPS) is 11.0. The van der Waals surface area contributed by atoms with Crippen LogP contribution in [0.2, 0.25) is 0 Å². The molecule has 0 radical (unpaired) electrons. The van der Waals surface area contributed by atoms with E-state index in [4.69, 9.17) is 10.5 Å². The molecule has 0 fully saturated rings. The predicted molar refractivity (Wildman–Crippen MR) is 86.0 cm³/mol. The fraction of sp³-hybridized carbons (Fsp3) is 0.176. The molecule has 0 bridgehead atoms. The Bertz CT molecular complexity index is 705. The summed E-state index contributed by atoms with van der Waals surface area (Å²) in [4.78, 5) is 0. The van der Waals surface area contributed by atoms with Gasteiger partial charge in [-0.1, -0.05) is 36.4 Å². The maximum absolute atomic E-state index is 5.92. The Labute approximate surface area is 122 Å². The maximum Gasteiger partial charge on any atom is 0.0731 e. The largest absolute Gasteiger partial charge is 0.399 e. The highest BCUT2D eigenvalue weighted by Crippen LogP contribution is 2.26. The number of benzene rings is 2. The zero-order chi connectivity index (χ0) is 13.8. The number of rotatable bonds is 5. The van der Waals surface area contributed by atoms with Crippen molar-refractivity contribution >= 4 is 27.1 Å². The van der Waals surface area contributed by atoms with E-state index < -0.39 is 0 Å². The van der Waals surface area contributed by atoms with E-state index in [9.17, 15) is 0 Å². The zero-order valence-corrected chi connectivity index (χ0v) is 12.0. The first-order valence-corrected chi connectivity index (χ1v) is 7.59. The van der Waals surface area contributed by atoms with Gasteiger partial charge in [0.05, 0.1) is 13.2 Å². The number of ether oxygens (including phenoxy) is 1. The van der Waals surface area contributed by atoms with Crippen molar-refractivity contribution in [2.75, 3.05) is 12.3 Å². The van der Waals surface area contributed by atoms with Crippen LogP contribution in [0.3, 0.4) is 0 Å². The third-order valence-electron chi connectivity index (χ3n) is 3.39. The van der Waals surface area contributed by atoms with Crippen LogP contribution < -0.4 is 5.73 Å². The number of thiophene rings is 1. The molecule has 102 valence electrons. The van der Waals surface area contributed by atoms with Crippen LogP contribution in [-0.4, -0.2) is 6.61 Å². The summed E-state index contributed by atoms with van der Waals surface area (Å²) in [6.07, 6.45) is 0.856. The first-order valence-electron chi connectivity index (χ1n) is 6.71. The average Bonchev–Trinajstić information content (AvgIpc) is 2.89. The van der Waals surface area contributed by atoms with E-state index in [0.717, 1.165) is 17.7 Å². The Morgan fingerprint density at radius 3 is 2.65 bits per heavy atom. The standard InChI is InChI=1S/C17H17NOS/c18-16-7-3-1-5-13(16)9-10-19-11-14-12-20-17-8-4-2-6-15(14)17/h1-8,12H,9-11,18H2. The molecular weight excluding hydrogens is 266 g/mol. The van der Waals surface area contributed by atoms with Crippen LogP contribution in [-0.2, 0) is 17.8 Å². The number of anilines is 1. The SMILES string of the molecule is Nc1ccccc1CCOCc1csc2ccccc12. The van der Waals surface area contributed by atoms with Crippen LogP contribution in [0.4, 0.5) is 5.69 Å². The molecule has 0 atom stereocenters. The van der Waals surface area contributed by atoms with Gasteiger partial charge in [-0.3, -0.25) is 0 Å². The van der Waals surface area contributed by atoms with Gasteiger partial charge in [-0.2, -0.15) is 0 Å². The molecule has 2 N–H and O–H groups in total. The number of nitrogen functional groups attached to an aromatic ring is 1. The van der Waals surface area contributed by atoms with Crippen LogP contribution in [0.1, 0.15) is 11.1 Å². The van der Waals surface area contributed by atoms with Gasteiger partial charge in [-0.15, -0.1) is 11.3 Å². The van der Waals surface area contributed by atoms with Gasteiger partial charge in [0, 0.05) is 10.4 Å². The minimum atomic E-state index is 0.663. The molecule has 0 aliphatic heterocycles. The van der Waals surface area contributed by atoms with Crippen LogP contribution in [0.25, 0.3) is 10.1 Å². The van der Waals surface area contributed by atoms with E-state index in [-0.39, 0.29) is 0 Å². The molecule has 3 heteroatoms. The lowest BCUT2D eigenvalue weighted by atomic mass is 10.1. The highest BCUT2D eigenvalue weighted by atomic mass is 32.1. The van der Waals surface area contributed by atoms with Gasteiger partial charge < -0.3 is 10.5 Å². The molecule has 0 saturated carbocycles. The minimum absolute atomic E-state index is 0.663. The summed E-state index contributed by atoms with van der Waals surface area (Å²) >= 11 is 1.77. The Morgan fingerprint density at radius 2 is 1.75 bits per heavy atom. The topological polar surface area (TPSA) is 35.2 Å². The van der Waals surface area contributed by atoms with Gasteiger partial charge >= 0.3 is 0 Å². The van der Waals surface area contributed by atoms with Crippen LogP contribution in [0.15, 0.2) is 53.9 Å². The Hall–Kier alpha value is -1.84. The molecule has 0 aliphatic rings. The molecule has 0 unspecified atom stereocenters.